The van der Waals surface area contributed by atoms with Gasteiger partial charge in [0.25, 0.3) is 0 Å². The van der Waals surface area contributed by atoms with E-state index in [-0.39, 0.29) is 22.1 Å². The Hall–Kier alpha value is -1.93. The minimum atomic E-state index is -1.11. The maximum Gasteiger partial charge on any atom is 0.341 e. The third-order valence-electron chi connectivity index (χ3n) is 1.72. The van der Waals surface area contributed by atoms with Gasteiger partial charge in [0.05, 0.1) is 17.7 Å². The molecule has 84 valence electrons. The molecule has 0 fully saturated rings. The zero-order valence-electron chi connectivity index (χ0n) is 8.36. The van der Waals surface area contributed by atoms with E-state index in [0.717, 1.165) is 0 Å². The van der Waals surface area contributed by atoms with Crippen molar-refractivity contribution < 1.29 is 19.4 Å². The molecule has 0 aliphatic carbocycles. The van der Waals surface area contributed by atoms with Gasteiger partial charge in [-0.25, -0.2) is 4.79 Å². The summed E-state index contributed by atoms with van der Waals surface area (Å²) >= 11 is 5.77. The number of benzene rings is 1. The first-order valence-corrected chi connectivity index (χ1v) is 4.58. The number of aliphatic carboxylic acids is 1. The number of hydrogen-bond donors (Lipinski definition) is 1. The molecule has 0 amide bonds. The maximum atomic E-state index is 10.3. The molecule has 0 aliphatic rings. The normalized spacial score (nSPS) is 9.31. The van der Waals surface area contributed by atoms with E-state index < -0.39 is 12.6 Å². The van der Waals surface area contributed by atoms with Crippen LogP contribution in [0.3, 0.4) is 0 Å². The first kappa shape index (κ1) is 12.1. The number of rotatable bonds is 4. The highest BCUT2D eigenvalue weighted by atomic mass is 35.5. The maximum absolute atomic E-state index is 10.3. The summed E-state index contributed by atoms with van der Waals surface area (Å²) in [4.78, 5) is 10.3. The average molecular weight is 242 g/mol. The van der Waals surface area contributed by atoms with Crippen molar-refractivity contribution in [3.8, 4) is 17.6 Å². The zero-order valence-corrected chi connectivity index (χ0v) is 9.11. The molecule has 1 aromatic rings. The average Bonchev–Trinajstić information content (AvgIpc) is 2.26. The molecule has 0 atom stereocenters. The number of ether oxygens (including phenoxy) is 2. The SMILES string of the molecule is COc1cc(C#N)c(Cl)cc1OCC(=O)O. The lowest BCUT2D eigenvalue weighted by Gasteiger charge is -2.09. The van der Waals surface area contributed by atoms with Crippen molar-refractivity contribution in [2.75, 3.05) is 13.7 Å². The Kier molecular flexibility index (Phi) is 3.97. The number of nitriles is 1. The highest BCUT2D eigenvalue weighted by Gasteiger charge is 2.11. The second kappa shape index (κ2) is 5.24. The van der Waals surface area contributed by atoms with Crippen molar-refractivity contribution in [3.63, 3.8) is 0 Å². The Morgan fingerprint density at radius 1 is 1.56 bits per heavy atom. The molecule has 0 aliphatic heterocycles. The van der Waals surface area contributed by atoms with Crippen LogP contribution in [0, 0.1) is 11.3 Å². The molecular weight excluding hydrogens is 234 g/mol. The third kappa shape index (κ3) is 2.78. The van der Waals surface area contributed by atoms with Gasteiger partial charge in [0.15, 0.2) is 18.1 Å². The fourth-order valence-corrected chi connectivity index (χ4v) is 1.23. The van der Waals surface area contributed by atoms with E-state index in [4.69, 9.17) is 31.4 Å². The standard InChI is InChI=1S/C10H8ClNO4/c1-15-8-2-6(4-12)7(11)3-9(8)16-5-10(13)14/h2-3H,5H2,1H3,(H,13,14). The summed E-state index contributed by atoms with van der Waals surface area (Å²) < 4.78 is 9.90. The molecule has 1 aromatic carbocycles. The largest absolute Gasteiger partial charge is 0.493 e. The molecule has 0 aromatic heterocycles. The molecule has 0 radical (unpaired) electrons. The number of carboxylic acids is 1. The number of nitrogens with zero attached hydrogens (tertiary/aromatic N) is 1. The molecule has 0 unspecified atom stereocenters. The van der Waals surface area contributed by atoms with Crippen molar-refractivity contribution in [1.29, 1.82) is 5.26 Å². The van der Waals surface area contributed by atoms with Crippen molar-refractivity contribution in [1.82, 2.24) is 0 Å². The Morgan fingerprint density at radius 3 is 2.75 bits per heavy atom. The van der Waals surface area contributed by atoms with Gasteiger partial charge in [0.1, 0.15) is 6.07 Å². The first-order chi connectivity index (χ1) is 7.58. The van der Waals surface area contributed by atoms with E-state index in [9.17, 15) is 4.79 Å². The van der Waals surface area contributed by atoms with Crippen molar-refractivity contribution >= 4 is 17.6 Å². The van der Waals surface area contributed by atoms with E-state index in [0.29, 0.717) is 0 Å². The Bertz CT molecular complexity index is 453. The summed E-state index contributed by atoms with van der Waals surface area (Å²) in [5, 5.41) is 17.4. The second-order valence-electron chi connectivity index (χ2n) is 2.78. The smallest absolute Gasteiger partial charge is 0.341 e. The lowest BCUT2D eigenvalue weighted by molar-refractivity contribution is -0.139. The number of carbonyl (C=O) groups is 1. The topological polar surface area (TPSA) is 79.5 Å². The van der Waals surface area contributed by atoms with Crippen molar-refractivity contribution in [3.05, 3.63) is 22.7 Å². The highest BCUT2D eigenvalue weighted by molar-refractivity contribution is 6.31. The quantitative estimate of drug-likeness (QED) is 0.868. The number of carboxylic acid groups (broad SMARTS) is 1. The molecule has 16 heavy (non-hydrogen) atoms. The monoisotopic (exact) mass is 241 g/mol. The van der Waals surface area contributed by atoms with Gasteiger partial charge in [-0.05, 0) is 0 Å². The van der Waals surface area contributed by atoms with Gasteiger partial charge < -0.3 is 14.6 Å². The summed E-state index contributed by atoms with van der Waals surface area (Å²) in [7, 11) is 1.39. The number of hydrogen-bond acceptors (Lipinski definition) is 4. The predicted molar refractivity (Wildman–Crippen MR) is 55.8 cm³/mol. The van der Waals surface area contributed by atoms with E-state index in [2.05, 4.69) is 0 Å². The van der Waals surface area contributed by atoms with Crippen LogP contribution in [0.4, 0.5) is 0 Å². The molecule has 5 nitrogen and oxygen atoms in total. The minimum Gasteiger partial charge on any atom is -0.493 e. The van der Waals surface area contributed by atoms with Gasteiger partial charge in [0.2, 0.25) is 0 Å². The molecule has 0 spiro atoms. The second-order valence-corrected chi connectivity index (χ2v) is 3.18. The van der Waals surface area contributed by atoms with Crippen LogP contribution in [-0.2, 0) is 4.79 Å². The van der Waals surface area contributed by atoms with Gasteiger partial charge in [-0.2, -0.15) is 5.26 Å². The van der Waals surface area contributed by atoms with E-state index in [1.165, 1.54) is 19.2 Å². The van der Waals surface area contributed by atoms with Crippen LogP contribution in [0.25, 0.3) is 0 Å². The van der Waals surface area contributed by atoms with Gasteiger partial charge >= 0.3 is 5.97 Å². The number of halogens is 1. The summed E-state index contributed by atoms with van der Waals surface area (Å²) in [5.74, 6) is -0.654. The summed E-state index contributed by atoms with van der Waals surface area (Å²) in [5.41, 5.74) is 0.237. The van der Waals surface area contributed by atoms with Crippen LogP contribution in [0.15, 0.2) is 12.1 Å². The van der Waals surface area contributed by atoms with Gasteiger partial charge in [0, 0.05) is 12.1 Å². The number of methoxy groups -OCH3 is 1. The lowest BCUT2D eigenvalue weighted by Crippen LogP contribution is -2.10. The molecule has 6 heteroatoms. The highest BCUT2D eigenvalue weighted by Crippen LogP contribution is 2.32. The Labute approximate surface area is 96.8 Å². The summed E-state index contributed by atoms with van der Waals surface area (Å²) in [6.45, 7) is -0.501. The Balaban J connectivity index is 3.04. The zero-order chi connectivity index (χ0) is 12.1. The summed E-state index contributed by atoms with van der Waals surface area (Å²) in [6, 6.07) is 4.62. The van der Waals surface area contributed by atoms with Gasteiger partial charge in [-0.1, -0.05) is 11.6 Å². The van der Waals surface area contributed by atoms with Crippen LogP contribution in [-0.4, -0.2) is 24.8 Å². The first-order valence-electron chi connectivity index (χ1n) is 4.20. The van der Waals surface area contributed by atoms with Crippen LogP contribution in [0.5, 0.6) is 11.5 Å². The van der Waals surface area contributed by atoms with E-state index >= 15 is 0 Å². The molecular formula is C10H8ClNO4. The van der Waals surface area contributed by atoms with E-state index in [1.54, 1.807) is 0 Å². The third-order valence-corrected chi connectivity index (χ3v) is 2.04. The van der Waals surface area contributed by atoms with Crippen molar-refractivity contribution in [2.45, 2.75) is 0 Å². The predicted octanol–water partition coefficient (Wildman–Crippen LogP) is 1.68. The molecule has 0 saturated carbocycles. The Morgan fingerprint density at radius 2 is 2.25 bits per heavy atom. The fourth-order valence-electron chi connectivity index (χ4n) is 1.03. The fraction of sp³-hybridized carbons (Fsp3) is 0.200. The minimum absolute atomic E-state index is 0.184. The van der Waals surface area contributed by atoms with Crippen LogP contribution >= 0.6 is 11.6 Å². The van der Waals surface area contributed by atoms with Crippen LogP contribution in [0.1, 0.15) is 5.56 Å². The molecule has 0 heterocycles. The van der Waals surface area contributed by atoms with Gasteiger partial charge in [-0.15, -0.1) is 0 Å². The molecule has 1 rings (SSSR count). The molecule has 0 saturated heterocycles. The van der Waals surface area contributed by atoms with Gasteiger partial charge in [-0.3, -0.25) is 0 Å². The summed E-state index contributed by atoms with van der Waals surface area (Å²) in [6.07, 6.45) is 0. The van der Waals surface area contributed by atoms with E-state index in [1.807, 2.05) is 6.07 Å². The molecule has 1 N–H and O–H groups in total. The van der Waals surface area contributed by atoms with Crippen LogP contribution in [0.2, 0.25) is 5.02 Å². The van der Waals surface area contributed by atoms with Crippen molar-refractivity contribution in [2.24, 2.45) is 0 Å². The van der Waals surface area contributed by atoms with Crippen LogP contribution < -0.4 is 9.47 Å². The molecule has 0 bridgehead atoms. The lowest BCUT2D eigenvalue weighted by atomic mass is 10.2.